The third-order valence-electron chi connectivity index (χ3n) is 4.79. The first kappa shape index (κ1) is 25.0. The Balaban J connectivity index is 1.74. The van der Waals surface area contributed by atoms with E-state index in [0.29, 0.717) is 6.07 Å². The van der Waals surface area contributed by atoms with Crippen molar-refractivity contribution in [2.75, 3.05) is 6.54 Å². The second-order valence-electron chi connectivity index (χ2n) is 7.38. The Morgan fingerprint density at radius 3 is 2.44 bits per heavy atom. The average Bonchev–Trinajstić information content (AvgIpc) is 2.76. The second-order valence-corrected chi connectivity index (χ2v) is 7.38. The van der Waals surface area contributed by atoms with Gasteiger partial charge in [-0.15, -0.1) is 0 Å². The molecule has 32 heavy (non-hydrogen) atoms. The van der Waals surface area contributed by atoms with Crippen LogP contribution < -0.4 is 10.6 Å². The zero-order valence-corrected chi connectivity index (χ0v) is 18.2. The molecule has 2 aromatic carbocycles. The van der Waals surface area contributed by atoms with E-state index in [1.807, 2.05) is 37.3 Å². The molecule has 2 unspecified atom stereocenters. The number of halogens is 2. The van der Waals surface area contributed by atoms with Crippen molar-refractivity contribution in [3.63, 3.8) is 0 Å². The minimum absolute atomic E-state index is 0.0269. The predicted octanol–water partition coefficient (Wildman–Crippen LogP) is 4.06. The van der Waals surface area contributed by atoms with Crippen molar-refractivity contribution in [3.8, 4) is 0 Å². The van der Waals surface area contributed by atoms with E-state index >= 15 is 0 Å². The van der Waals surface area contributed by atoms with E-state index in [1.54, 1.807) is 0 Å². The number of amides is 2. The van der Waals surface area contributed by atoms with Crippen molar-refractivity contribution in [2.24, 2.45) is 0 Å². The lowest BCUT2D eigenvalue weighted by Crippen LogP contribution is -2.38. The highest BCUT2D eigenvalue weighted by atomic mass is 19.1. The number of esters is 1. The van der Waals surface area contributed by atoms with Gasteiger partial charge in [-0.25, -0.2) is 8.78 Å². The molecule has 2 N–H and O–H groups in total. The molecule has 2 rings (SSSR count). The Bertz CT molecular complexity index is 921. The van der Waals surface area contributed by atoms with Crippen molar-refractivity contribution >= 4 is 17.8 Å². The van der Waals surface area contributed by atoms with Crippen LogP contribution in [-0.2, 0) is 14.3 Å². The Hall–Kier alpha value is -3.29. The fraction of sp³-hybridized carbons (Fsp3) is 0.375. The van der Waals surface area contributed by atoms with Crippen LogP contribution in [0.2, 0.25) is 0 Å². The van der Waals surface area contributed by atoms with Gasteiger partial charge in [-0.2, -0.15) is 0 Å². The van der Waals surface area contributed by atoms with Crippen LogP contribution in [0.15, 0.2) is 48.5 Å². The van der Waals surface area contributed by atoms with Crippen LogP contribution in [0.1, 0.15) is 61.5 Å². The lowest BCUT2D eigenvalue weighted by Gasteiger charge is -2.21. The molecule has 6 nitrogen and oxygen atoms in total. The van der Waals surface area contributed by atoms with E-state index < -0.39 is 29.6 Å². The molecule has 8 heteroatoms. The van der Waals surface area contributed by atoms with Crippen molar-refractivity contribution in [1.82, 2.24) is 10.6 Å². The number of carbonyl (C=O) groups excluding carboxylic acids is 3. The summed E-state index contributed by atoms with van der Waals surface area (Å²) < 4.78 is 31.7. The Kier molecular flexibility index (Phi) is 9.78. The van der Waals surface area contributed by atoms with Gasteiger partial charge < -0.3 is 15.4 Å². The number of benzene rings is 2. The van der Waals surface area contributed by atoms with Gasteiger partial charge >= 0.3 is 5.97 Å². The van der Waals surface area contributed by atoms with Gasteiger partial charge in [0.1, 0.15) is 11.6 Å². The van der Waals surface area contributed by atoms with E-state index in [1.165, 1.54) is 6.92 Å². The molecule has 0 saturated heterocycles. The maximum atomic E-state index is 13.6. The van der Waals surface area contributed by atoms with Gasteiger partial charge in [0.05, 0.1) is 11.6 Å². The Labute approximate surface area is 186 Å². The molecule has 0 spiro atoms. The minimum atomic E-state index is -0.964. The van der Waals surface area contributed by atoms with E-state index in [0.717, 1.165) is 30.5 Å². The first-order chi connectivity index (χ1) is 15.3. The first-order valence-electron chi connectivity index (χ1n) is 10.6. The highest BCUT2D eigenvalue weighted by Gasteiger charge is 2.21. The molecule has 0 aliphatic heterocycles. The highest BCUT2D eigenvalue weighted by Crippen LogP contribution is 2.18. The number of rotatable bonds is 11. The largest absolute Gasteiger partial charge is 0.453 e. The summed E-state index contributed by atoms with van der Waals surface area (Å²) in [6.07, 6.45) is 0.880. The molecule has 2 amide bonds. The second kappa shape index (κ2) is 12.5. The molecule has 0 aliphatic rings. The van der Waals surface area contributed by atoms with Crippen molar-refractivity contribution < 1.29 is 27.9 Å². The van der Waals surface area contributed by atoms with E-state index in [2.05, 4.69) is 10.6 Å². The van der Waals surface area contributed by atoms with E-state index in [-0.39, 0.29) is 36.9 Å². The lowest BCUT2D eigenvalue weighted by atomic mass is 10.0. The molecule has 0 heterocycles. The molecule has 172 valence electrons. The maximum absolute atomic E-state index is 13.6. The van der Waals surface area contributed by atoms with Gasteiger partial charge in [-0.1, -0.05) is 43.7 Å². The van der Waals surface area contributed by atoms with Crippen LogP contribution >= 0.6 is 0 Å². The van der Waals surface area contributed by atoms with Gasteiger partial charge in [-0.05, 0) is 37.5 Å². The average molecular weight is 446 g/mol. The van der Waals surface area contributed by atoms with E-state index in [9.17, 15) is 23.2 Å². The van der Waals surface area contributed by atoms with Crippen molar-refractivity contribution in [3.05, 3.63) is 71.3 Å². The third-order valence-corrected chi connectivity index (χ3v) is 4.79. The lowest BCUT2D eigenvalue weighted by molar-refractivity contribution is -0.155. The van der Waals surface area contributed by atoms with Gasteiger partial charge in [0, 0.05) is 19.0 Å². The molecular formula is C24H28F2N2O4. The van der Waals surface area contributed by atoms with Crippen LogP contribution in [0, 0.1) is 11.6 Å². The quantitative estimate of drug-likeness (QED) is 0.403. The molecule has 0 radical (unpaired) electrons. The minimum Gasteiger partial charge on any atom is -0.453 e. The van der Waals surface area contributed by atoms with Gasteiger partial charge in [0.2, 0.25) is 0 Å². The number of carbonyl (C=O) groups is 3. The highest BCUT2D eigenvalue weighted by molar-refractivity contribution is 5.94. The van der Waals surface area contributed by atoms with Crippen LogP contribution in [0.3, 0.4) is 0 Å². The summed E-state index contributed by atoms with van der Waals surface area (Å²) in [7, 11) is 0. The monoisotopic (exact) mass is 446 g/mol. The van der Waals surface area contributed by atoms with Gasteiger partial charge in [-0.3, -0.25) is 14.4 Å². The molecule has 0 aromatic heterocycles. The van der Waals surface area contributed by atoms with Crippen molar-refractivity contribution in [1.29, 1.82) is 0 Å². The molecule has 2 aromatic rings. The van der Waals surface area contributed by atoms with E-state index in [4.69, 9.17) is 4.74 Å². The fourth-order valence-corrected chi connectivity index (χ4v) is 3.10. The zero-order valence-electron chi connectivity index (χ0n) is 18.2. The maximum Gasteiger partial charge on any atom is 0.306 e. The first-order valence-corrected chi connectivity index (χ1v) is 10.6. The number of ether oxygens (including phenoxy) is 1. The molecule has 2 atom stereocenters. The fourth-order valence-electron chi connectivity index (χ4n) is 3.10. The summed E-state index contributed by atoms with van der Waals surface area (Å²) in [5.41, 5.74) is 0.703. The van der Waals surface area contributed by atoms with Crippen molar-refractivity contribution in [2.45, 2.75) is 51.7 Å². The number of hydrogen-bond donors (Lipinski definition) is 2. The number of nitrogens with one attached hydrogen (secondary N) is 2. The summed E-state index contributed by atoms with van der Waals surface area (Å²) in [4.78, 5) is 36.4. The standard InChI is InChI=1S/C24H28F2N2O4/c1-3-8-21(17-9-5-4-6-10-17)28-23(30)16(2)32-22(29)11-7-14-27-24(31)19-13-12-18(25)15-20(19)26/h4-6,9-10,12-13,15-16,21H,3,7-8,11,14H2,1-2H3,(H,27,31)(H,28,30). The van der Waals surface area contributed by atoms with Gasteiger partial charge in [0.15, 0.2) is 6.10 Å². The summed E-state index contributed by atoms with van der Waals surface area (Å²) in [6.45, 7) is 3.62. The topological polar surface area (TPSA) is 84.5 Å². The molecule has 0 fully saturated rings. The third kappa shape index (κ3) is 7.76. The van der Waals surface area contributed by atoms with Crippen LogP contribution in [0.5, 0.6) is 0 Å². The SMILES string of the molecule is CCCC(NC(=O)C(C)OC(=O)CCCNC(=O)c1ccc(F)cc1F)c1ccccc1. The molecule has 0 saturated carbocycles. The molecular weight excluding hydrogens is 418 g/mol. The van der Waals surface area contributed by atoms with Gasteiger partial charge in [0.25, 0.3) is 11.8 Å². The summed E-state index contributed by atoms with van der Waals surface area (Å²) in [6, 6.07) is 12.1. The Morgan fingerprint density at radius 1 is 1.06 bits per heavy atom. The van der Waals surface area contributed by atoms with Crippen LogP contribution in [0.4, 0.5) is 8.78 Å². The van der Waals surface area contributed by atoms with Crippen LogP contribution in [0.25, 0.3) is 0 Å². The zero-order chi connectivity index (χ0) is 23.5. The molecule has 0 aliphatic carbocycles. The summed E-state index contributed by atoms with van der Waals surface area (Å²) in [5, 5.41) is 5.37. The molecule has 0 bridgehead atoms. The smallest absolute Gasteiger partial charge is 0.306 e. The summed E-state index contributed by atoms with van der Waals surface area (Å²) >= 11 is 0. The summed E-state index contributed by atoms with van der Waals surface area (Å²) in [5.74, 6) is -3.41. The normalized spacial score (nSPS) is 12.5. The predicted molar refractivity (Wildman–Crippen MR) is 116 cm³/mol. The Morgan fingerprint density at radius 2 is 1.78 bits per heavy atom. The number of hydrogen-bond acceptors (Lipinski definition) is 4. The van der Waals surface area contributed by atoms with Crippen LogP contribution in [-0.4, -0.2) is 30.4 Å².